The van der Waals surface area contributed by atoms with Crippen LogP contribution in [0.1, 0.15) is 13.8 Å². The molecule has 0 aromatic rings. The molecule has 0 saturated heterocycles. The SMILES string of the molecule is CCOCC.O=C([O-])Cl. The van der Waals surface area contributed by atoms with Crippen molar-refractivity contribution in [2.75, 3.05) is 13.2 Å². The van der Waals surface area contributed by atoms with E-state index in [1.54, 1.807) is 0 Å². The predicted molar refractivity (Wildman–Crippen MR) is 33.4 cm³/mol. The van der Waals surface area contributed by atoms with Gasteiger partial charge in [-0.05, 0) is 13.8 Å². The Bertz CT molecular complexity index is 59.2. The highest BCUT2D eigenvalue weighted by Crippen LogP contribution is 1.64. The molecule has 0 aromatic heterocycles. The van der Waals surface area contributed by atoms with Gasteiger partial charge in [0, 0.05) is 13.2 Å². The summed E-state index contributed by atoms with van der Waals surface area (Å²) in [5.74, 6) is 0. The molecule has 0 unspecified atom stereocenters. The van der Waals surface area contributed by atoms with Crippen LogP contribution in [0, 0.1) is 0 Å². The van der Waals surface area contributed by atoms with Gasteiger partial charge in [0.15, 0.2) is 0 Å². The Labute approximate surface area is 59.6 Å². The first kappa shape index (κ1) is 11.5. The van der Waals surface area contributed by atoms with Crippen molar-refractivity contribution in [2.24, 2.45) is 0 Å². The Morgan fingerprint density at radius 1 is 1.56 bits per heavy atom. The second kappa shape index (κ2) is 10.7. The number of carbonyl (C=O) groups is 1. The second-order valence-corrected chi connectivity index (χ2v) is 1.33. The first-order chi connectivity index (χ1) is 4.15. The fourth-order valence-electron chi connectivity index (χ4n) is 0.204. The van der Waals surface area contributed by atoms with Gasteiger partial charge in [0.2, 0.25) is 0 Å². The van der Waals surface area contributed by atoms with E-state index < -0.39 is 5.43 Å². The van der Waals surface area contributed by atoms with Crippen LogP contribution in [0.5, 0.6) is 0 Å². The first-order valence-electron chi connectivity index (χ1n) is 2.59. The summed E-state index contributed by atoms with van der Waals surface area (Å²) in [6, 6.07) is 0. The Kier molecular flexibility index (Phi) is 13.6. The number of ether oxygens (including phenoxy) is 1. The second-order valence-electron chi connectivity index (χ2n) is 1.02. The summed E-state index contributed by atoms with van der Waals surface area (Å²) in [5, 5.41) is 8.65. The highest BCUT2D eigenvalue weighted by Gasteiger charge is 1.64. The molecular formula is C5H10ClO3-. The lowest BCUT2D eigenvalue weighted by Crippen LogP contribution is -2.11. The molecule has 0 atom stereocenters. The molecule has 0 spiro atoms. The lowest BCUT2D eigenvalue weighted by molar-refractivity contribution is -0.233. The van der Waals surface area contributed by atoms with Gasteiger partial charge < -0.3 is 14.6 Å². The maximum atomic E-state index is 8.65. The smallest absolute Gasteiger partial charge is 0.134 e. The van der Waals surface area contributed by atoms with Gasteiger partial charge in [0.05, 0.1) is 0 Å². The van der Waals surface area contributed by atoms with Crippen molar-refractivity contribution in [3.8, 4) is 0 Å². The van der Waals surface area contributed by atoms with Crippen LogP contribution in [0.25, 0.3) is 0 Å². The van der Waals surface area contributed by atoms with Crippen molar-refractivity contribution in [3.63, 3.8) is 0 Å². The maximum absolute atomic E-state index is 8.65. The summed E-state index contributed by atoms with van der Waals surface area (Å²) in [7, 11) is 0. The summed E-state index contributed by atoms with van der Waals surface area (Å²) < 4.78 is 4.83. The molecule has 4 heteroatoms. The molecule has 56 valence electrons. The molecule has 0 aliphatic carbocycles. The maximum Gasteiger partial charge on any atom is 0.134 e. The van der Waals surface area contributed by atoms with Crippen LogP contribution < -0.4 is 5.11 Å². The van der Waals surface area contributed by atoms with Gasteiger partial charge in [-0.1, -0.05) is 11.6 Å². The Hall–Kier alpha value is -0.280. The van der Waals surface area contributed by atoms with E-state index in [0.717, 1.165) is 13.2 Å². The molecule has 3 nitrogen and oxygen atoms in total. The Balaban J connectivity index is 0. The third kappa shape index (κ3) is 85.4. The zero-order valence-electron chi connectivity index (χ0n) is 5.52. The zero-order valence-corrected chi connectivity index (χ0v) is 6.27. The van der Waals surface area contributed by atoms with Gasteiger partial charge in [-0.3, -0.25) is 0 Å². The van der Waals surface area contributed by atoms with Gasteiger partial charge in [-0.2, -0.15) is 0 Å². The van der Waals surface area contributed by atoms with Crippen molar-refractivity contribution < 1.29 is 14.6 Å². The van der Waals surface area contributed by atoms with Crippen molar-refractivity contribution >= 4 is 17.0 Å². The van der Waals surface area contributed by atoms with Crippen LogP contribution in [-0.2, 0) is 4.74 Å². The molecule has 0 aliphatic rings. The summed E-state index contributed by atoms with van der Waals surface area (Å²) >= 11 is 4.08. The normalized spacial score (nSPS) is 7.44. The van der Waals surface area contributed by atoms with Gasteiger partial charge in [0.25, 0.3) is 0 Å². The van der Waals surface area contributed by atoms with Gasteiger partial charge in [-0.15, -0.1) is 0 Å². The third-order valence-electron chi connectivity index (χ3n) is 0.408. The minimum Gasteiger partial charge on any atom is -0.534 e. The molecule has 0 radical (unpaired) electrons. The first-order valence-corrected chi connectivity index (χ1v) is 2.97. The molecule has 0 aliphatic heterocycles. The van der Waals surface area contributed by atoms with Crippen LogP contribution in [-0.4, -0.2) is 18.6 Å². The molecule has 0 N–H and O–H groups in total. The largest absolute Gasteiger partial charge is 0.534 e. The third-order valence-corrected chi connectivity index (χ3v) is 0.408. The molecule has 9 heavy (non-hydrogen) atoms. The number of carboxylic acid groups (broad SMARTS) is 1. The lowest BCUT2D eigenvalue weighted by Gasteiger charge is -1.86. The molecule has 0 aromatic carbocycles. The van der Waals surface area contributed by atoms with Gasteiger partial charge >= 0.3 is 0 Å². The number of rotatable bonds is 2. The highest BCUT2D eigenvalue weighted by molar-refractivity contribution is 6.59. The molecular weight excluding hydrogens is 144 g/mol. The molecule has 0 bridgehead atoms. The topological polar surface area (TPSA) is 49.4 Å². The molecule has 0 heterocycles. The van der Waals surface area contributed by atoms with E-state index >= 15 is 0 Å². The minimum atomic E-state index is -1.61. The van der Waals surface area contributed by atoms with Crippen molar-refractivity contribution in [1.82, 2.24) is 0 Å². The van der Waals surface area contributed by atoms with Gasteiger partial charge in [0.1, 0.15) is 5.43 Å². The predicted octanol–water partition coefficient (Wildman–Crippen LogP) is 0.611. The fraction of sp³-hybridized carbons (Fsp3) is 0.800. The van der Waals surface area contributed by atoms with Crippen LogP contribution in [0.3, 0.4) is 0 Å². The van der Waals surface area contributed by atoms with E-state index in [2.05, 4.69) is 11.6 Å². The summed E-state index contributed by atoms with van der Waals surface area (Å²) in [6.07, 6.45) is 0. The van der Waals surface area contributed by atoms with E-state index in [1.165, 1.54) is 0 Å². The summed E-state index contributed by atoms with van der Waals surface area (Å²) in [4.78, 5) is 8.65. The number of halogens is 1. The van der Waals surface area contributed by atoms with Crippen LogP contribution in [0.2, 0.25) is 0 Å². The van der Waals surface area contributed by atoms with E-state index in [1.807, 2.05) is 13.8 Å². The molecule has 0 rings (SSSR count). The van der Waals surface area contributed by atoms with E-state index in [4.69, 9.17) is 14.6 Å². The number of carbonyl (C=O) groups excluding carboxylic acids is 1. The van der Waals surface area contributed by atoms with E-state index in [9.17, 15) is 0 Å². The van der Waals surface area contributed by atoms with Crippen molar-refractivity contribution in [1.29, 1.82) is 0 Å². The zero-order chi connectivity index (χ0) is 7.70. The van der Waals surface area contributed by atoms with Crippen molar-refractivity contribution in [3.05, 3.63) is 0 Å². The molecule has 0 amide bonds. The van der Waals surface area contributed by atoms with Crippen LogP contribution in [0.4, 0.5) is 4.79 Å². The average molecular weight is 154 g/mol. The average Bonchev–Trinajstić information content (AvgIpc) is 1.66. The standard InChI is InChI=1S/C4H10O.CHClO2/c1-3-5-4-2;2-1(3)4/h3-4H2,1-2H3;(H,3,4)/p-1. The van der Waals surface area contributed by atoms with E-state index in [0.29, 0.717) is 0 Å². The van der Waals surface area contributed by atoms with E-state index in [-0.39, 0.29) is 0 Å². The fourth-order valence-corrected chi connectivity index (χ4v) is 0.204. The van der Waals surface area contributed by atoms with Crippen LogP contribution >= 0.6 is 11.6 Å². The summed E-state index contributed by atoms with van der Waals surface area (Å²) in [6.45, 7) is 5.67. The molecule has 0 saturated carbocycles. The number of hydrogen-bond donors (Lipinski definition) is 0. The summed E-state index contributed by atoms with van der Waals surface area (Å²) in [5.41, 5.74) is -1.61. The van der Waals surface area contributed by atoms with Gasteiger partial charge in [-0.25, -0.2) is 0 Å². The Morgan fingerprint density at radius 3 is 1.78 bits per heavy atom. The monoisotopic (exact) mass is 153 g/mol. The van der Waals surface area contributed by atoms with Crippen LogP contribution in [0.15, 0.2) is 0 Å². The number of hydrogen-bond acceptors (Lipinski definition) is 3. The molecule has 0 fully saturated rings. The quantitative estimate of drug-likeness (QED) is 0.547. The minimum absolute atomic E-state index is 0.844. The highest BCUT2D eigenvalue weighted by atomic mass is 35.5. The lowest BCUT2D eigenvalue weighted by atomic mass is 10.8. The van der Waals surface area contributed by atoms with Crippen molar-refractivity contribution in [2.45, 2.75) is 13.8 Å². The Morgan fingerprint density at radius 2 is 1.78 bits per heavy atom.